The number of aliphatic carboxylic acids is 1. The van der Waals surface area contributed by atoms with Gasteiger partial charge in [0.05, 0.1) is 5.57 Å². The number of carboxylic acid groups (broad SMARTS) is 1. The van der Waals surface area contributed by atoms with Crippen molar-refractivity contribution < 1.29 is 22.8 Å². The summed E-state index contributed by atoms with van der Waals surface area (Å²) in [6.07, 6.45) is 5.45. The van der Waals surface area contributed by atoms with Crippen LogP contribution in [0.4, 0.5) is 0 Å². The van der Waals surface area contributed by atoms with Gasteiger partial charge in [0.1, 0.15) is 5.76 Å². The summed E-state index contributed by atoms with van der Waals surface area (Å²) in [5.74, 6) is -1.12. The molecule has 1 unspecified atom stereocenters. The van der Waals surface area contributed by atoms with E-state index < -0.39 is 17.3 Å². The normalized spacial score (nSPS) is 15.4. The first-order chi connectivity index (χ1) is 7.01. The molecule has 0 fully saturated rings. The maximum Gasteiger partial charge on any atom is 0.357 e. The van der Waals surface area contributed by atoms with Gasteiger partial charge in [-0.05, 0) is 26.0 Å². The molecule has 6 heteroatoms. The summed E-state index contributed by atoms with van der Waals surface area (Å²) in [4.78, 5) is 10.7. The standard InChI is InChI=1S/C9H12O5S/c1-3-5-7(9(10)11)6-8(4-2)14-15(12)13/h3-6H,1-2H3,(H,10,11)(H,12,13)/b5-3-,7-6+,8-4+. The summed E-state index contributed by atoms with van der Waals surface area (Å²) in [6.45, 7) is 3.23. The van der Waals surface area contributed by atoms with Crippen LogP contribution in [0.5, 0.6) is 0 Å². The first-order valence-corrected chi connectivity index (χ1v) is 5.07. The Kier molecular flexibility index (Phi) is 6.32. The number of carboxylic acids is 1. The Morgan fingerprint density at radius 3 is 2.33 bits per heavy atom. The van der Waals surface area contributed by atoms with Crippen molar-refractivity contribution in [2.75, 3.05) is 0 Å². The van der Waals surface area contributed by atoms with Crippen molar-refractivity contribution in [2.45, 2.75) is 13.8 Å². The van der Waals surface area contributed by atoms with E-state index in [1.165, 1.54) is 12.2 Å². The molecule has 0 aromatic rings. The molecule has 0 aromatic carbocycles. The lowest BCUT2D eigenvalue weighted by Gasteiger charge is -2.00. The van der Waals surface area contributed by atoms with Crippen LogP contribution >= 0.6 is 0 Å². The molecule has 84 valence electrons. The van der Waals surface area contributed by atoms with E-state index >= 15 is 0 Å². The predicted octanol–water partition coefficient (Wildman–Crippen LogP) is 1.63. The zero-order valence-electron chi connectivity index (χ0n) is 8.34. The molecule has 0 aliphatic carbocycles. The lowest BCUT2D eigenvalue weighted by atomic mass is 10.2. The van der Waals surface area contributed by atoms with Crippen LogP contribution in [0.2, 0.25) is 0 Å². The average Bonchev–Trinajstić information content (AvgIpc) is 2.14. The Labute approximate surface area is 90.2 Å². The van der Waals surface area contributed by atoms with Crippen LogP contribution in [-0.2, 0) is 20.3 Å². The topological polar surface area (TPSA) is 83.8 Å². The summed E-state index contributed by atoms with van der Waals surface area (Å²) < 4.78 is 23.2. The van der Waals surface area contributed by atoms with E-state index in [4.69, 9.17) is 9.66 Å². The fourth-order valence-electron chi connectivity index (χ4n) is 0.752. The van der Waals surface area contributed by atoms with Crippen LogP contribution in [0.1, 0.15) is 13.8 Å². The van der Waals surface area contributed by atoms with Gasteiger partial charge in [-0.2, -0.15) is 4.21 Å². The number of rotatable bonds is 5. The van der Waals surface area contributed by atoms with Gasteiger partial charge in [0.15, 0.2) is 0 Å². The second kappa shape index (κ2) is 6.97. The van der Waals surface area contributed by atoms with Crippen molar-refractivity contribution in [3.63, 3.8) is 0 Å². The van der Waals surface area contributed by atoms with Gasteiger partial charge < -0.3 is 9.29 Å². The second-order valence-electron chi connectivity index (χ2n) is 2.40. The number of allylic oxidation sites excluding steroid dienone is 3. The third-order valence-corrected chi connectivity index (χ3v) is 1.68. The van der Waals surface area contributed by atoms with Crippen molar-refractivity contribution in [1.29, 1.82) is 0 Å². The van der Waals surface area contributed by atoms with E-state index in [-0.39, 0.29) is 11.3 Å². The smallest absolute Gasteiger partial charge is 0.357 e. The van der Waals surface area contributed by atoms with Crippen molar-refractivity contribution in [3.8, 4) is 0 Å². The Morgan fingerprint density at radius 2 is 2.00 bits per heavy atom. The van der Waals surface area contributed by atoms with E-state index in [0.29, 0.717) is 0 Å². The van der Waals surface area contributed by atoms with Gasteiger partial charge in [0.25, 0.3) is 0 Å². The van der Waals surface area contributed by atoms with Crippen molar-refractivity contribution in [2.24, 2.45) is 0 Å². The Morgan fingerprint density at radius 1 is 1.40 bits per heavy atom. The highest BCUT2D eigenvalue weighted by Crippen LogP contribution is 2.07. The fourth-order valence-corrected chi connectivity index (χ4v) is 1.06. The van der Waals surface area contributed by atoms with Gasteiger partial charge >= 0.3 is 17.3 Å². The molecule has 0 bridgehead atoms. The molecule has 0 spiro atoms. The monoisotopic (exact) mass is 232 g/mol. The van der Waals surface area contributed by atoms with Crippen LogP contribution in [0, 0.1) is 0 Å². The van der Waals surface area contributed by atoms with E-state index in [1.54, 1.807) is 19.9 Å². The zero-order chi connectivity index (χ0) is 11.8. The maximum atomic E-state index is 10.7. The van der Waals surface area contributed by atoms with E-state index in [2.05, 4.69) is 4.18 Å². The lowest BCUT2D eigenvalue weighted by Crippen LogP contribution is -2.00. The van der Waals surface area contributed by atoms with Crippen molar-refractivity contribution in [3.05, 3.63) is 35.6 Å². The SMILES string of the molecule is C\C=C/C(=C\C(=C/C)OS(=O)O)C(=O)O. The molecular formula is C9H12O5S. The average molecular weight is 232 g/mol. The van der Waals surface area contributed by atoms with Gasteiger partial charge in [-0.1, -0.05) is 12.2 Å². The minimum atomic E-state index is -2.46. The van der Waals surface area contributed by atoms with Crippen LogP contribution in [0.25, 0.3) is 0 Å². The fraction of sp³-hybridized carbons (Fsp3) is 0.222. The zero-order valence-corrected chi connectivity index (χ0v) is 9.15. The lowest BCUT2D eigenvalue weighted by molar-refractivity contribution is -0.132. The van der Waals surface area contributed by atoms with Gasteiger partial charge in [-0.15, -0.1) is 0 Å². The van der Waals surface area contributed by atoms with Gasteiger partial charge in [0.2, 0.25) is 0 Å². The molecule has 2 N–H and O–H groups in total. The highest BCUT2D eigenvalue weighted by atomic mass is 32.2. The van der Waals surface area contributed by atoms with Crippen molar-refractivity contribution in [1.82, 2.24) is 0 Å². The van der Waals surface area contributed by atoms with E-state index in [9.17, 15) is 9.00 Å². The van der Waals surface area contributed by atoms with Crippen LogP contribution in [0.3, 0.4) is 0 Å². The minimum Gasteiger partial charge on any atom is -0.478 e. The van der Waals surface area contributed by atoms with Crippen LogP contribution in [0.15, 0.2) is 35.6 Å². The van der Waals surface area contributed by atoms with Crippen LogP contribution in [-0.4, -0.2) is 19.8 Å². The molecule has 1 atom stereocenters. The maximum absolute atomic E-state index is 10.7. The molecule has 5 nitrogen and oxygen atoms in total. The summed E-state index contributed by atoms with van der Waals surface area (Å²) in [5.41, 5.74) is -0.0314. The molecule has 0 heterocycles. The summed E-state index contributed by atoms with van der Waals surface area (Å²) >= 11 is -2.46. The Bertz CT molecular complexity index is 340. The molecule has 0 aromatic heterocycles. The highest BCUT2D eigenvalue weighted by molar-refractivity contribution is 7.74. The molecule has 0 radical (unpaired) electrons. The molecule has 0 saturated heterocycles. The molecule has 15 heavy (non-hydrogen) atoms. The highest BCUT2D eigenvalue weighted by Gasteiger charge is 2.06. The molecule has 0 saturated carbocycles. The second-order valence-corrected chi connectivity index (χ2v) is 3.00. The summed E-state index contributed by atoms with van der Waals surface area (Å²) in [5, 5.41) is 8.74. The summed E-state index contributed by atoms with van der Waals surface area (Å²) in [7, 11) is 0. The number of hydrogen-bond donors (Lipinski definition) is 2. The van der Waals surface area contributed by atoms with Gasteiger partial charge in [0, 0.05) is 0 Å². The quantitative estimate of drug-likeness (QED) is 0.326. The minimum absolute atomic E-state index is 0.0198. The first kappa shape index (κ1) is 13.6. The number of hydrogen-bond acceptors (Lipinski definition) is 3. The third kappa shape index (κ3) is 5.82. The van der Waals surface area contributed by atoms with Crippen LogP contribution < -0.4 is 0 Å². The predicted molar refractivity (Wildman–Crippen MR) is 56.1 cm³/mol. The molecule has 0 aliphatic rings. The molecule has 0 amide bonds. The molecular weight excluding hydrogens is 220 g/mol. The van der Waals surface area contributed by atoms with Gasteiger partial charge in [-0.3, -0.25) is 4.55 Å². The Hall–Kier alpha value is -1.40. The van der Waals surface area contributed by atoms with E-state index in [0.717, 1.165) is 6.08 Å². The molecule has 0 rings (SSSR count). The Balaban J connectivity index is 4.93. The first-order valence-electron chi connectivity index (χ1n) is 4.04. The van der Waals surface area contributed by atoms with E-state index in [1.807, 2.05) is 0 Å². The van der Waals surface area contributed by atoms with Crippen molar-refractivity contribution >= 4 is 17.3 Å². The molecule has 0 aliphatic heterocycles. The number of carbonyl (C=O) groups is 1. The largest absolute Gasteiger partial charge is 0.478 e. The van der Waals surface area contributed by atoms with Gasteiger partial charge in [-0.25, -0.2) is 4.79 Å². The third-order valence-electron chi connectivity index (χ3n) is 1.34. The summed E-state index contributed by atoms with van der Waals surface area (Å²) in [6, 6.07) is 0.